The maximum Gasteiger partial charge on any atom is 0.278 e. The molecule has 0 aromatic heterocycles. The molecule has 8 nitrogen and oxygen atoms in total. The van der Waals surface area contributed by atoms with Crippen LogP contribution in [0.1, 0.15) is 41.0 Å². The summed E-state index contributed by atoms with van der Waals surface area (Å²) in [5.74, 6) is -7.21. The van der Waals surface area contributed by atoms with E-state index in [0.717, 1.165) is 0 Å². The minimum Gasteiger partial charge on any atom is -0.365 e. The molecule has 0 bridgehead atoms. The fourth-order valence-corrected chi connectivity index (χ4v) is 2.16. The van der Waals surface area contributed by atoms with Crippen LogP contribution in [0.3, 0.4) is 0 Å². The van der Waals surface area contributed by atoms with Gasteiger partial charge in [-0.1, -0.05) is 34.6 Å². The first-order valence-corrected chi connectivity index (χ1v) is 7.51. The molecule has 8 heteroatoms. The molecule has 3 amide bonds. The third-order valence-electron chi connectivity index (χ3n) is 3.53. The Bertz CT molecular complexity index is 455. The van der Waals surface area contributed by atoms with Crippen molar-refractivity contribution in [2.24, 2.45) is 23.0 Å². The zero-order chi connectivity index (χ0) is 18.6. The first-order valence-electron chi connectivity index (χ1n) is 7.51. The van der Waals surface area contributed by atoms with E-state index < -0.39 is 40.9 Å². The molecule has 0 fully saturated rings. The molecule has 2 atom stereocenters. The summed E-state index contributed by atoms with van der Waals surface area (Å²) < 4.78 is 0. The summed E-state index contributed by atoms with van der Waals surface area (Å²) in [6.45, 7) is 8.78. The second-order valence-electron chi connectivity index (χ2n) is 7.19. The topological polar surface area (TPSA) is 142 Å². The highest BCUT2D eigenvalue weighted by Crippen LogP contribution is 2.25. The van der Waals surface area contributed by atoms with E-state index >= 15 is 0 Å². The highest BCUT2D eigenvalue weighted by atomic mass is 16.5. The van der Waals surface area contributed by atoms with Gasteiger partial charge in [-0.05, 0) is 17.8 Å². The Morgan fingerprint density at radius 1 is 1.09 bits per heavy atom. The summed E-state index contributed by atoms with van der Waals surface area (Å²) >= 11 is 0. The number of hydrogen-bond donors (Lipinski definition) is 5. The van der Waals surface area contributed by atoms with Crippen molar-refractivity contribution in [3.05, 3.63) is 0 Å². The average molecular weight is 331 g/mol. The van der Waals surface area contributed by atoms with Crippen molar-refractivity contribution in [1.82, 2.24) is 10.6 Å². The molecule has 0 aromatic carbocycles. The fraction of sp³-hybridized carbons (Fsp3) is 0.800. The normalized spacial score (nSPS) is 15.0. The number of primary amides is 1. The van der Waals surface area contributed by atoms with Crippen LogP contribution in [0.4, 0.5) is 0 Å². The van der Waals surface area contributed by atoms with Gasteiger partial charge >= 0.3 is 0 Å². The van der Waals surface area contributed by atoms with E-state index in [2.05, 4.69) is 10.6 Å². The smallest absolute Gasteiger partial charge is 0.278 e. The van der Waals surface area contributed by atoms with Gasteiger partial charge in [0.2, 0.25) is 11.8 Å². The van der Waals surface area contributed by atoms with Crippen molar-refractivity contribution in [1.29, 1.82) is 0 Å². The van der Waals surface area contributed by atoms with E-state index in [4.69, 9.17) is 5.73 Å². The van der Waals surface area contributed by atoms with Crippen molar-refractivity contribution < 1.29 is 24.6 Å². The lowest BCUT2D eigenvalue weighted by Gasteiger charge is -2.34. The molecule has 0 aromatic rings. The summed E-state index contributed by atoms with van der Waals surface area (Å²) in [6, 6.07) is -0.904. The quantitative estimate of drug-likeness (QED) is 0.384. The van der Waals surface area contributed by atoms with E-state index in [1.54, 1.807) is 34.6 Å². The number of carbonyl (C=O) groups is 3. The summed E-state index contributed by atoms with van der Waals surface area (Å²) in [6.07, 6.45) is 0.0202. The molecular formula is C15H29N3O5. The van der Waals surface area contributed by atoms with Crippen molar-refractivity contribution in [2.75, 3.05) is 7.05 Å². The van der Waals surface area contributed by atoms with Crippen LogP contribution in [-0.4, -0.2) is 46.8 Å². The summed E-state index contributed by atoms with van der Waals surface area (Å²) in [7, 11) is 1.44. The van der Waals surface area contributed by atoms with Gasteiger partial charge in [-0.3, -0.25) is 14.4 Å². The van der Waals surface area contributed by atoms with Crippen LogP contribution in [0, 0.1) is 17.3 Å². The predicted octanol–water partition coefficient (Wildman–Crippen LogP) is -0.908. The Morgan fingerprint density at radius 3 is 1.87 bits per heavy atom. The van der Waals surface area contributed by atoms with Gasteiger partial charge in [-0.15, -0.1) is 0 Å². The number of rotatable bonds is 7. The highest BCUT2D eigenvalue weighted by Gasteiger charge is 2.46. The predicted molar refractivity (Wildman–Crippen MR) is 84.8 cm³/mol. The third-order valence-corrected chi connectivity index (χ3v) is 3.53. The van der Waals surface area contributed by atoms with E-state index in [9.17, 15) is 24.6 Å². The molecule has 0 heterocycles. The minimum absolute atomic E-state index is 0.0202. The average Bonchev–Trinajstić information content (AvgIpc) is 2.39. The van der Waals surface area contributed by atoms with Crippen LogP contribution in [0.2, 0.25) is 0 Å². The second kappa shape index (κ2) is 7.74. The standard InChI is InChI=1S/C15H29N3O5/c1-8(2)7-9(15(22,23)13(16)21)11(19)18-10(12(20)17-6)14(3,4)5/h8-10,22-23H,7H2,1-6H3,(H2,16,21)(H,17,20)(H,18,19)/t9-,10+/m0/s1. The molecule has 6 N–H and O–H groups in total. The number of hydrogen-bond acceptors (Lipinski definition) is 5. The van der Waals surface area contributed by atoms with Crippen LogP contribution in [0.25, 0.3) is 0 Å². The minimum atomic E-state index is -2.99. The van der Waals surface area contributed by atoms with Crippen molar-refractivity contribution >= 4 is 17.7 Å². The third kappa shape index (κ3) is 5.80. The Kier molecular flexibility index (Phi) is 7.18. The van der Waals surface area contributed by atoms with Crippen molar-refractivity contribution in [3.8, 4) is 0 Å². The van der Waals surface area contributed by atoms with Crippen LogP contribution in [0.5, 0.6) is 0 Å². The molecule has 0 radical (unpaired) electrons. The molecular weight excluding hydrogens is 302 g/mol. The zero-order valence-corrected chi connectivity index (χ0v) is 14.6. The lowest BCUT2D eigenvalue weighted by Crippen LogP contribution is -2.60. The van der Waals surface area contributed by atoms with E-state index in [1.807, 2.05) is 0 Å². The molecule has 0 rings (SSSR count). The number of nitrogens with two attached hydrogens (primary N) is 1. The highest BCUT2D eigenvalue weighted by molar-refractivity contribution is 5.93. The lowest BCUT2D eigenvalue weighted by atomic mass is 9.84. The zero-order valence-electron chi connectivity index (χ0n) is 14.6. The van der Waals surface area contributed by atoms with Gasteiger partial charge in [-0.2, -0.15) is 0 Å². The van der Waals surface area contributed by atoms with Gasteiger partial charge in [0.15, 0.2) is 0 Å². The number of amides is 3. The van der Waals surface area contributed by atoms with Crippen molar-refractivity contribution in [2.45, 2.75) is 52.9 Å². The van der Waals surface area contributed by atoms with E-state index in [-0.39, 0.29) is 12.3 Å². The maximum absolute atomic E-state index is 12.5. The van der Waals surface area contributed by atoms with Gasteiger partial charge in [-0.25, -0.2) is 0 Å². The molecule has 0 aliphatic carbocycles. The second-order valence-corrected chi connectivity index (χ2v) is 7.19. The molecule has 0 aliphatic heterocycles. The van der Waals surface area contributed by atoms with Gasteiger partial charge in [0.25, 0.3) is 11.7 Å². The van der Waals surface area contributed by atoms with Crippen LogP contribution in [-0.2, 0) is 14.4 Å². The summed E-state index contributed by atoms with van der Waals surface area (Å²) in [4.78, 5) is 35.8. The molecule has 0 spiro atoms. The monoisotopic (exact) mass is 331 g/mol. The van der Waals surface area contributed by atoms with Gasteiger partial charge < -0.3 is 26.6 Å². The molecule has 0 saturated carbocycles. The van der Waals surface area contributed by atoms with Gasteiger partial charge in [0.1, 0.15) is 12.0 Å². The number of carbonyl (C=O) groups excluding carboxylic acids is 3. The summed E-state index contributed by atoms with van der Waals surface area (Å²) in [5, 5.41) is 24.7. The van der Waals surface area contributed by atoms with E-state index in [1.165, 1.54) is 7.05 Å². The fourth-order valence-electron chi connectivity index (χ4n) is 2.16. The maximum atomic E-state index is 12.5. The number of likely N-dealkylation sites (N-methyl/N-ethyl adjacent to an activating group) is 1. The Hall–Kier alpha value is -1.67. The number of aliphatic hydroxyl groups is 2. The van der Waals surface area contributed by atoms with Gasteiger partial charge in [0.05, 0.1) is 0 Å². The van der Waals surface area contributed by atoms with E-state index in [0.29, 0.717) is 0 Å². The molecule has 0 aliphatic rings. The first-order chi connectivity index (χ1) is 10.2. The Balaban J connectivity index is 5.53. The van der Waals surface area contributed by atoms with Crippen LogP contribution in [0.15, 0.2) is 0 Å². The SMILES string of the molecule is CNC(=O)[C@@H](NC(=O)[C@H](CC(C)C)C(O)(O)C(N)=O)C(C)(C)C. The Labute approximate surface area is 136 Å². The molecule has 0 unspecified atom stereocenters. The lowest BCUT2D eigenvalue weighted by molar-refractivity contribution is -0.206. The van der Waals surface area contributed by atoms with Crippen LogP contribution >= 0.6 is 0 Å². The number of nitrogens with one attached hydrogen (secondary N) is 2. The largest absolute Gasteiger partial charge is 0.365 e. The van der Waals surface area contributed by atoms with Gasteiger partial charge in [0, 0.05) is 7.05 Å². The first kappa shape index (κ1) is 21.3. The van der Waals surface area contributed by atoms with Crippen molar-refractivity contribution in [3.63, 3.8) is 0 Å². The molecule has 134 valence electrons. The Morgan fingerprint density at radius 2 is 1.57 bits per heavy atom. The van der Waals surface area contributed by atoms with Crippen LogP contribution < -0.4 is 16.4 Å². The summed E-state index contributed by atoms with van der Waals surface area (Å²) in [5.41, 5.74) is 4.38. The molecule has 0 saturated heterocycles. The molecule has 23 heavy (non-hydrogen) atoms.